The number of carbonyl (C=O) groups excluding carboxylic acids is 2. The third-order valence-corrected chi connectivity index (χ3v) is 6.23. The van der Waals surface area contributed by atoms with Gasteiger partial charge in [-0.2, -0.15) is 0 Å². The molecule has 0 saturated carbocycles. The molecule has 2 rings (SSSR count). The van der Waals surface area contributed by atoms with Crippen LogP contribution in [0.1, 0.15) is 55.9 Å². The number of rotatable bonds is 10. The van der Waals surface area contributed by atoms with Gasteiger partial charge in [0, 0.05) is 17.6 Å². The van der Waals surface area contributed by atoms with Gasteiger partial charge in [-0.3, -0.25) is 9.59 Å². The minimum absolute atomic E-state index is 0.0455. The van der Waals surface area contributed by atoms with Crippen LogP contribution in [0.4, 0.5) is 0 Å². The van der Waals surface area contributed by atoms with Crippen LogP contribution in [-0.4, -0.2) is 35.4 Å². The van der Waals surface area contributed by atoms with Gasteiger partial charge in [0.1, 0.15) is 11.8 Å². The Kier molecular flexibility index (Phi) is 9.58. The van der Waals surface area contributed by atoms with Gasteiger partial charge in [-0.05, 0) is 69.4 Å². The summed E-state index contributed by atoms with van der Waals surface area (Å²) in [5.41, 5.74) is 3.90. The van der Waals surface area contributed by atoms with E-state index in [-0.39, 0.29) is 24.5 Å². The second-order valence-electron chi connectivity index (χ2n) is 8.41. The summed E-state index contributed by atoms with van der Waals surface area (Å²) < 4.78 is 5.82. The summed E-state index contributed by atoms with van der Waals surface area (Å²) in [6.45, 7) is 11.9. The van der Waals surface area contributed by atoms with Gasteiger partial charge in [-0.1, -0.05) is 55.3 Å². The van der Waals surface area contributed by atoms with Crippen LogP contribution in [0.2, 0.25) is 5.02 Å². The van der Waals surface area contributed by atoms with E-state index in [2.05, 4.69) is 5.32 Å². The van der Waals surface area contributed by atoms with Crippen molar-refractivity contribution in [2.24, 2.45) is 0 Å². The Morgan fingerprint density at radius 2 is 1.62 bits per heavy atom. The average Bonchev–Trinajstić information content (AvgIpc) is 2.76. The lowest BCUT2D eigenvalue weighted by Crippen LogP contribution is -2.51. The second-order valence-corrected chi connectivity index (χ2v) is 8.79. The van der Waals surface area contributed by atoms with E-state index in [0.29, 0.717) is 23.7 Å². The molecule has 0 aliphatic heterocycles. The molecule has 0 aromatic heterocycles. The summed E-state index contributed by atoms with van der Waals surface area (Å²) in [6.07, 6.45) is 1.34. The molecule has 174 valence electrons. The molecule has 0 saturated heterocycles. The normalized spacial score (nSPS) is 12.7. The zero-order valence-electron chi connectivity index (χ0n) is 20.0. The maximum Gasteiger partial charge on any atom is 0.261 e. The van der Waals surface area contributed by atoms with E-state index in [0.717, 1.165) is 28.7 Å². The van der Waals surface area contributed by atoms with Gasteiger partial charge in [-0.15, -0.1) is 0 Å². The Labute approximate surface area is 197 Å². The smallest absolute Gasteiger partial charge is 0.261 e. The van der Waals surface area contributed by atoms with Gasteiger partial charge in [0.2, 0.25) is 5.91 Å². The summed E-state index contributed by atoms with van der Waals surface area (Å²) >= 11 is 6.24. The van der Waals surface area contributed by atoms with Crippen molar-refractivity contribution in [3.8, 4) is 5.75 Å². The summed E-state index contributed by atoms with van der Waals surface area (Å²) in [5, 5.41) is 3.71. The first kappa shape index (κ1) is 25.7. The lowest BCUT2D eigenvalue weighted by atomic mass is 10.1. The van der Waals surface area contributed by atoms with Crippen molar-refractivity contribution in [1.82, 2.24) is 10.2 Å². The van der Waals surface area contributed by atoms with Gasteiger partial charge >= 0.3 is 0 Å². The highest BCUT2D eigenvalue weighted by molar-refractivity contribution is 6.32. The number of halogens is 1. The fourth-order valence-electron chi connectivity index (χ4n) is 3.47. The van der Waals surface area contributed by atoms with E-state index in [4.69, 9.17) is 16.3 Å². The third-order valence-electron chi connectivity index (χ3n) is 5.63. The highest BCUT2D eigenvalue weighted by Gasteiger charge is 2.29. The zero-order valence-corrected chi connectivity index (χ0v) is 20.8. The maximum atomic E-state index is 13.3. The SMILES string of the molecule is CC[C@H](C(=O)N[C@@H](C)CC)N(Cc1ccc(C)cc1)C(=O)COc1cc(C)c(Cl)c(C)c1. The highest BCUT2D eigenvalue weighted by atomic mass is 35.5. The zero-order chi connectivity index (χ0) is 23.8. The van der Waals surface area contributed by atoms with Gasteiger partial charge in [-0.25, -0.2) is 0 Å². The molecule has 2 amide bonds. The van der Waals surface area contributed by atoms with Gasteiger partial charge in [0.05, 0.1) is 0 Å². The number of carbonyl (C=O) groups is 2. The van der Waals surface area contributed by atoms with Crippen molar-refractivity contribution in [3.05, 3.63) is 63.7 Å². The number of aryl methyl sites for hydroxylation is 3. The third kappa shape index (κ3) is 6.99. The quantitative estimate of drug-likeness (QED) is 0.521. The molecule has 0 aliphatic carbocycles. The Morgan fingerprint density at radius 1 is 1.03 bits per heavy atom. The van der Waals surface area contributed by atoms with Crippen molar-refractivity contribution in [2.75, 3.05) is 6.61 Å². The van der Waals surface area contributed by atoms with E-state index in [9.17, 15) is 9.59 Å². The molecule has 0 unspecified atom stereocenters. The molecule has 32 heavy (non-hydrogen) atoms. The van der Waals surface area contributed by atoms with Crippen molar-refractivity contribution in [1.29, 1.82) is 0 Å². The van der Waals surface area contributed by atoms with Crippen molar-refractivity contribution >= 4 is 23.4 Å². The van der Waals surface area contributed by atoms with Gasteiger partial charge < -0.3 is 15.0 Å². The molecule has 5 nitrogen and oxygen atoms in total. The first-order chi connectivity index (χ1) is 15.2. The van der Waals surface area contributed by atoms with Crippen LogP contribution in [0.5, 0.6) is 5.75 Å². The molecule has 0 aliphatic rings. The van der Waals surface area contributed by atoms with Gasteiger partial charge in [0.15, 0.2) is 6.61 Å². The molecule has 0 heterocycles. The molecule has 0 spiro atoms. The molecule has 2 aromatic rings. The van der Waals surface area contributed by atoms with Crippen molar-refractivity contribution in [3.63, 3.8) is 0 Å². The maximum absolute atomic E-state index is 13.3. The number of nitrogens with one attached hydrogen (secondary N) is 1. The molecule has 1 N–H and O–H groups in total. The standard InChI is InChI=1S/C26H35ClN2O3/c1-7-20(6)28-26(31)23(8-2)29(15-21-11-9-17(3)10-12-21)24(30)16-32-22-13-18(4)25(27)19(5)14-22/h9-14,20,23H,7-8,15-16H2,1-6H3,(H,28,31)/t20-,23+/m0/s1. The molecular formula is C26H35ClN2O3. The predicted octanol–water partition coefficient (Wildman–Crippen LogP) is 5.37. The lowest BCUT2D eigenvalue weighted by Gasteiger charge is -2.31. The number of hydrogen-bond donors (Lipinski definition) is 1. The summed E-state index contributed by atoms with van der Waals surface area (Å²) in [7, 11) is 0. The van der Waals surface area contributed by atoms with Crippen molar-refractivity contribution < 1.29 is 14.3 Å². The van der Waals surface area contributed by atoms with E-state index in [1.54, 1.807) is 4.90 Å². The Morgan fingerprint density at radius 3 is 2.16 bits per heavy atom. The second kappa shape index (κ2) is 11.9. The van der Waals surface area contributed by atoms with E-state index in [1.165, 1.54) is 0 Å². The minimum Gasteiger partial charge on any atom is -0.484 e. The summed E-state index contributed by atoms with van der Waals surface area (Å²) in [5.74, 6) is 0.215. The molecule has 6 heteroatoms. The van der Waals surface area contributed by atoms with Crippen LogP contribution in [-0.2, 0) is 16.1 Å². The summed E-state index contributed by atoms with van der Waals surface area (Å²) in [4.78, 5) is 27.9. The number of amides is 2. The molecule has 0 fully saturated rings. The molecule has 0 bridgehead atoms. The molecule has 2 aromatic carbocycles. The summed E-state index contributed by atoms with van der Waals surface area (Å²) in [6, 6.07) is 11.1. The molecular weight excluding hydrogens is 424 g/mol. The van der Waals surface area contributed by atoms with Crippen LogP contribution in [0.3, 0.4) is 0 Å². The first-order valence-corrected chi connectivity index (χ1v) is 11.6. The van der Waals surface area contributed by atoms with E-state index >= 15 is 0 Å². The lowest BCUT2D eigenvalue weighted by molar-refractivity contribution is -0.143. The van der Waals surface area contributed by atoms with Crippen LogP contribution >= 0.6 is 11.6 Å². The van der Waals surface area contributed by atoms with Crippen LogP contribution in [0.25, 0.3) is 0 Å². The number of hydrogen-bond acceptors (Lipinski definition) is 3. The largest absolute Gasteiger partial charge is 0.484 e. The fourth-order valence-corrected chi connectivity index (χ4v) is 3.58. The monoisotopic (exact) mass is 458 g/mol. The predicted molar refractivity (Wildman–Crippen MR) is 130 cm³/mol. The van der Waals surface area contributed by atoms with Crippen LogP contribution in [0, 0.1) is 20.8 Å². The first-order valence-electron chi connectivity index (χ1n) is 11.2. The molecule has 2 atom stereocenters. The Bertz CT molecular complexity index is 904. The van der Waals surface area contributed by atoms with Crippen LogP contribution < -0.4 is 10.1 Å². The number of benzene rings is 2. The van der Waals surface area contributed by atoms with E-state index in [1.807, 2.05) is 77.9 Å². The minimum atomic E-state index is -0.574. The Hall–Kier alpha value is -2.53. The van der Waals surface area contributed by atoms with Gasteiger partial charge in [0.25, 0.3) is 5.91 Å². The average molecular weight is 459 g/mol. The fraction of sp³-hybridized carbons (Fsp3) is 0.462. The number of nitrogens with zero attached hydrogens (tertiary/aromatic N) is 1. The Balaban J connectivity index is 2.24. The molecule has 0 radical (unpaired) electrons. The van der Waals surface area contributed by atoms with E-state index < -0.39 is 6.04 Å². The number of ether oxygens (including phenoxy) is 1. The topological polar surface area (TPSA) is 58.6 Å². The highest BCUT2D eigenvalue weighted by Crippen LogP contribution is 2.26. The van der Waals surface area contributed by atoms with Crippen LogP contribution in [0.15, 0.2) is 36.4 Å². The van der Waals surface area contributed by atoms with Crippen molar-refractivity contribution in [2.45, 2.75) is 73.0 Å².